The maximum atomic E-state index is 12.7. The van der Waals surface area contributed by atoms with Gasteiger partial charge in [-0.15, -0.1) is 10.2 Å². The molecule has 3 rings (SSSR count). The average molecular weight is 398 g/mol. The highest BCUT2D eigenvalue weighted by Crippen LogP contribution is 2.33. The molecule has 1 aliphatic carbocycles. The van der Waals surface area contributed by atoms with Gasteiger partial charge in [0.25, 0.3) is 0 Å². The predicted octanol–water partition coefficient (Wildman–Crippen LogP) is 4.61. The van der Waals surface area contributed by atoms with Gasteiger partial charge < -0.3 is 9.88 Å². The number of aromatic nitrogens is 3. The fourth-order valence-corrected chi connectivity index (χ4v) is 3.99. The van der Waals surface area contributed by atoms with Crippen LogP contribution in [0.15, 0.2) is 29.4 Å². The lowest BCUT2D eigenvalue weighted by atomic mass is 9.89. The van der Waals surface area contributed by atoms with Crippen molar-refractivity contribution in [2.75, 3.05) is 11.1 Å². The zero-order valence-corrected chi connectivity index (χ0v) is 15.7. The third-order valence-electron chi connectivity index (χ3n) is 4.64. The lowest BCUT2D eigenvalue weighted by Gasteiger charge is -2.20. The number of amides is 1. The Balaban J connectivity index is 1.57. The van der Waals surface area contributed by atoms with Gasteiger partial charge in [0.2, 0.25) is 5.91 Å². The number of rotatable bonds is 5. The summed E-state index contributed by atoms with van der Waals surface area (Å²) in [5, 5.41) is 11.6. The molecule has 1 fully saturated rings. The van der Waals surface area contributed by atoms with Crippen molar-refractivity contribution in [2.45, 2.75) is 49.4 Å². The largest absolute Gasteiger partial charge is 0.416 e. The van der Waals surface area contributed by atoms with Crippen LogP contribution in [0.1, 0.15) is 49.4 Å². The number of halogens is 3. The van der Waals surface area contributed by atoms with Crippen LogP contribution in [0.4, 0.5) is 18.9 Å². The molecule has 1 amide bonds. The van der Waals surface area contributed by atoms with Gasteiger partial charge in [0.1, 0.15) is 5.82 Å². The van der Waals surface area contributed by atoms with Crippen LogP contribution in [0.5, 0.6) is 0 Å². The molecule has 1 heterocycles. The molecule has 0 atom stereocenters. The average Bonchev–Trinajstić information content (AvgIpc) is 3.01. The number of carbonyl (C=O) groups excluding carboxylic acids is 1. The molecule has 0 radical (unpaired) electrons. The van der Waals surface area contributed by atoms with E-state index in [-0.39, 0.29) is 17.3 Å². The summed E-state index contributed by atoms with van der Waals surface area (Å²) >= 11 is 1.22. The summed E-state index contributed by atoms with van der Waals surface area (Å²) in [5.41, 5.74) is -0.672. The number of benzene rings is 1. The first-order valence-electron chi connectivity index (χ1n) is 8.84. The van der Waals surface area contributed by atoms with E-state index in [0.717, 1.165) is 30.8 Å². The molecular weight excluding hydrogens is 377 g/mol. The summed E-state index contributed by atoms with van der Waals surface area (Å²) in [5.74, 6) is 1.01. The molecule has 0 unspecified atom stereocenters. The fourth-order valence-electron chi connectivity index (χ4n) is 3.27. The first-order valence-corrected chi connectivity index (χ1v) is 9.82. The summed E-state index contributed by atoms with van der Waals surface area (Å²) in [6.45, 7) is 0. The Kier molecular flexibility index (Phi) is 6.08. The number of anilines is 1. The maximum absolute atomic E-state index is 12.7. The molecule has 1 saturated carbocycles. The Morgan fingerprint density at radius 2 is 2.00 bits per heavy atom. The van der Waals surface area contributed by atoms with Crippen molar-refractivity contribution in [3.63, 3.8) is 0 Å². The van der Waals surface area contributed by atoms with Crippen LogP contribution in [0, 0.1) is 0 Å². The first-order chi connectivity index (χ1) is 12.8. The molecule has 0 aliphatic heterocycles. The quantitative estimate of drug-likeness (QED) is 0.747. The molecule has 1 aliphatic rings. The van der Waals surface area contributed by atoms with Gasteiger partial charge in [-0.2, -0.15) is 13.2 Å². The molecule has 1 aromatic carbocycles. The smallest absolute Gasteiger partial charge is 0.325 e. The van der Waals surface area contributed by atoms with Gasteiger partial charge in [0.15, 0.2) is 5.16 Å². The van der Waals surface area contributed by atoms with Crippen LogP contribution in [0.25, 0.3) is 0 Å². The molecule has 2 aromatic rings. The van der Waals surface area contributed by atoms with Crippen LogP contribution in [-0.4, -0.2) is 26.4 Å². The number of hydrogen-bond donors (Lipinski definition) is 1. The summed E-state index contributed by atoms with van der Waals surface area (Å²) in [6.07, 6.45) is 1.41. The van der Waals surface area contributed by atoms with Crippen molar-refractivity contribution in [1.29, 1.82) is 0 Å². The van der Waals surface area contributed by atoms with Gasteiger partial charge in [-0.25, -0.2) is 0 Å². The SMILES string of the molecule is Cn1c(SCC(=O)Nc2cccc(C(F)(F)F)c2)nnc1C1CCCCC1. The Labute approximate surface area is 159 Å². The van der Waals surface area contributed by atoms with Gasteiger partial charge in [-0.1, -0.05) is 37.1 Å². The van der Waals surface area contributed by atoms with Gasteiger partial charge in [-0.3, -0.25) is 4.79 Å². The summed E-state index contributed by atoms with van der Waals surface area (Å²) < 4.78 is 40.1. The van der Waals surface area contributed by atoms with E-state index in [2.05, 4.69) is 15.5 Å². The normalized spacial score (nSPS) is 15.7. The van der Waals surface area contributed by atoms with Crippen molar-refractivity contribution < 1.29 is 18.0 Å². The number of nitrogens with one attached hydrogen (secondary N) is 1. The zero-order valence-electron chi connectivity index (χ0n) is 14.9. The standard InChI is InChI=1S/C18H21F3N4OS/c1-25-16(12-6-3-2-4-7-12)23-24-17(25)27-11-15(26)22-14-9-5-8-13(10-14)18(19,20)21/h5,8-10,12H,2-4,6-7,11H2,1H3,(H,22,26). The molecule has 27 heavy (non-hydrogen) atoms. The monoisotopic (exact) mass is 398 g/mol. The number of nitrogens with zero attached hydrogens (tertiary/aromatic N) is 3. The van der Waals surface area contributed by atoms with E-state index >= 15 is 0 Å². The van der Waals surface area contributed by atoms with Gasteiger partial charge in [0.05, 0.1) is 11.3 Å². The van der Waals surface area contributed by atoms with Gasteiger partial charge in [-0.05, 0) is 31.0 Å². The molecule has 0 bridgehead atoms. The van der Waals surface area contributed by atoms with E-state index in [1.54, 1.807) is 0 Å². The molecule has 5 nitrogen and oxygen atoms in total. The Hall–Kier alpha value is -2.03. The van der Waals surface area contributed by atoms with Gasteiger partial charge >= 0.3 is 6.18 Å². The topological polar surface area (TPSA) is 59.8 Å². The van der Waals surface area contributed by atoms with Crippen LogP contribution in [0.2, 0.25) is 0 Å². The minimum atomic E-state index is -4.44. The van der Waals surface area contributed by atoms with Crippen LogP contribution >= 0.6 is 11.8 Å². The Morgan fingerprint density at radius 1 is 1.26 bits per heavy atom. The van der Waals surface area contributed by atoms with E-state index in [1.165, 1.54) is 43.2 Å². The lowest BCUT2D eigenvalue weighted by molar-refractivity contribution is -0.137. The molecular formula is C18H21F3N4OS. The van der Waals surface area contributed by atoms with Crippen molar-refractivity contribution in [3.05, 3.63) is 35.7 Å². The van der Waals surface area contributed by atoms with E-state index in [4.69, 9.17) is 0 Å². The highest BCUT2D eigenvalue weighted by molar-refractivity contribution is 7.99. The van der Waals surface area contributed by atoms with Crippen molar-refractivity contribution in [2.24, 2.45) is 7.05 Å². The number of thioether (sulfide) groups is 1. The zero-order chi connectivity index (χ0) is 19.4. The fraction of sp³-hybridized carbons (Fsp3) is 0.500. The van der Waals surface area contributed by atoms with Crippen molar-refractivity contribution in [3.8, 4) is 0 Å². The third kappa shape index (κ3) is 5.03. The van der Waals surface area contributed by atoms with E-state index in [0.29, 0.717) is 11.1 Å². The second-order valence-corrected chi connectivity index (χ2v) is 7.59. The molecule has 1 aromatic heterocycles. The number of hydrogen-bond acceptors (Lipinski definition) is 4. The molecule has 0 saturated heterocycles. The highest BCUT2D eigenvalue weighted by Gasteiger charge is 2.30. The summed E-state index contributed by atoms with van der Waals surface area (Å²) in [4.78, 5) is 12.1. The summed E-state index contributed by atoms with van der Waals surface area (Å²) in [6, 6.07) is 4.59. The van der Waals surface area contributed by atoms with Gasteiger partial charge in [0, 0.05) is 18.7 Å². The lowest BCUT2D eigenvalue weighted by Crippen LogP contribution is -2.15. The maximum Gasteiger partial charge on any atom is 0.416 e. The summed E-state index contributed by atoms with van der Waals surface area (Å²) in [7, 11) is 1.89. The Morgan fingerprint density at radius 3 is 2.70 bits per heavy atom. The number of carbonyl (C=O) groups is 1. The second kappa shape index (κ2) is 8.33. The molecule has 0 spiro atoms. The van der Waals surface area contributed by atoms with Crippen LogP contribution < -0.4 is 5.32 Å². The third-order valence-corrected chi connectivity index (χ3v) is 5.67. The van der Waals surface area contributed by atoms with Crippen LogP contribution in [-0.2, 0) is 18.0 Å². The molecule has 146 valence electrons. The molecule has 1 N–H and O–H groups in total. The molecule has 9 heteroatoms. The van der Waals surface area contributed by atoms with E-state index in [1.807, 2.05) is 11.6 Å². The van der Waals surface area contributed by atoms with Crippen molar-refractivity contribution >= 4 is 23.4 Å². The highest BCUT2D eigenvalue weighted by atomic mass is 32.2. The first kappa shape index (κ1) is 19.7. The Bertz CT molecular complexity index is 800. The number of alkyl halides is 3. The van der Waals surface area contributed by atoms with Crippen LogP contribution in [0.3, 0.4) is 0 Å². The minimum Gasteiger partial charge on any atom is -0.325 e. The minimum absolute atomic E-state index is 0.0485. The van der Waals surface area contributed by atoms with E-state index in [9.17, 15) is 18.0 Å². The second-order valence-electron chi connectivity index (χ2n) is 6.65. The van der Waals surface area contributed by atoms with E-state index < -0.39 is 11.7 Å². The van der Waals surface area contributed by atoms with Crippen molar-refractivity contribution in [1.82, 2.24) is 14.8 Å². The predicted molar refractivity (Wildman–Crippen MR) is 97.6 cm³/mol.